The molecule has 5 heteroatoms. The molecule has 2 amide bonds. The van der Waals surface area contributed by atoms with Gasteiger partial charge in [-0.05, 0) is 34.9 Å². The van der Waals surface area contributed by atoms with Crippen LogP contribution >= 0.6 is 0 Å². The Bertz CT molecular complexity index is 1050. The number of imide groups is 1. The second-order valence-corrected chi connectivity index (χ2v) is 6.89. The minimum absolute atomic E-state index is 0.158. The molecule has 1 unspecified atom stereocenters. The van der Waals surface area contributed by atoms with Crippen molar-refractivity contribution in [2.24, 2.45) is 0 Å². The highest BCUT2D eigenvalue weighted by molar-refractivity contribution is 6.02. The van der Waals surface area contributed by atoms with Crippen LogP contribution in [0.25, 0.3) is 6.08 Å². The summed E-state index contributed by atoms with van der Waals surface area (Å²) in [6.45, 7) is 0.622. The van der Waals surface area contributed by atoms with Crippen molar-refractivity contribution in [3.8, 4) is 5.75 Å². The van der Waals surface area contributed by atoms with Gasteiger partial charge in [0.1, 0.15) is 25.0 Å². The number of ether oxygens (including phenoxy) is 2. The number of hydrogen-bond donors (Lipinski definition) is 0. The van der Waals surface area contributed by atoms with Gasteiger partial charge in [-0.15, -0.1) is 0 Å². The van der Waals surface area contributed by atoms with Crippen molar-refractivity contribution < 1.29 is 19.1 Å². The monoisotopic (exact) mass is 399 g/mol. The van der Waals surface area contributed by atoms with E-state index in [0.29, 0.717) is 12.4 Å². The highest BCUT2D eigenvalue weighted by Gasteiger charge is 2.37. The van der Waals surface area contributed by atoms with Crippen LogP contribution in [0, 0.1) is 0 Å². The Morgan fingerprint density at radius 1 is 1.00 bits per heavy atom. The summed E-state index contributed by atoms with van der Waals surface area (Å²) in [6, 6.07) is 26.3. The first kappa shape index (κ1) is 19.5. The molecule has 1 saturated heterocycles. The molecule has 0 bridgehead atoms. The summed E-state index contributed by atoms with van der Waals surface area (Å²) in [5, 5.41) is 0. The van der Waals surface area contributed by atoms with Crippen molar-refractivity contribution in [1.82, 2.24) is 4.90 Å². The van der Waals surface area contributed by atoms with Crippen molar-refractivity contribution >= 4 is 18.1 Å². The number of amides is 2. The van der Waals surface area contributed by atoms with Gasteiger partial charge in [-0.1, -0.05) is 72.8 Å². The van der Waals surface area contributed by atoms with Gasteiger partial charge < -0.3 is 9.47 Å². The molecule has 0 radical (unpaired) electrons. The first-order chi connectivity index (χ1) is 14.7. The molecule has 1 fully saturated rings. The highest BCUT2D eigenvalue weighted by Crippen LogP contribution is 2.28. The lowest BCUT2D eigenvalue weighted by molar-refractivity contribution is -0.124. The molecule has 5 nitrogen and oxygen atoms in total. The number of rotatable bonds is 6. The zero-order valence-electron chi connectivity index (χ0n) is 16.3. The summed E-state index contributed by atoms with van der Waals surface area (Å²) in [7, 11) is 0. The van der Waals surface area contributed by atoms with Crippen molar-refractivity contribution in [1.29, 1.82) is 0 Å². The van der Waals surface area contributed by atoms with E-state index in [9.17, 15) is 9.59 Å². The molecule has 30 heavy (non-hydrogen) atoms. The largest absolute Gasteiger partial charge is 0.489 e. The van der Waals surface area contributed by atoms with E-state index in [0.717, 1.165) is 21.6 Å². The number of cyclic esters (lactones) is 1. The fraction of sp³-hybridized carbons (Fsp3) is 0.120. The predicted octanol–water partition coefficient (Wildman–Crippen LogP) is 5.00. The Labute approximate surface area is 175 Å². The van der Waals surface area contributed by atoms with Gasteiger partial charge in [-0.2, -0.15) is 0 Å². The molecule has 0 spiro atoms. The van der Waals surface area contributed by atoms with Gasteiger partial charge in [0.05, 0.1) is 0 Å². The lowest BCUT2D eigenvalue weighted by Gasteiger charge is -2.18. The van der Waals surface area contributed by atoms with Gasteiger partial charge in [0.25, 0.3) is 5.91 Å². The van der Waals surface area contributed by atoms with Crippen molar-refractivity contribution in [2.45, 2.75) is 12.6 Å². The molecular weight excluding hydrogens is 378 g/mol. The standard InChI is InChI=1S/C25H21NO4/c27-24(26-23(18-30-25(26)28)21-11-5-2-6-12-21)15-14-19-10-7-13-22(16-19)29-17-20-8-3-1-4-9-20/h1-16,23H,17-18H2. The second kappa shape index (κ2) is 9.09. The van der Waals surface area contributed by atoms with Crippen LogP contribution in [0.1, 0.15) is 22.7 Å². The number of hydrogen-bond acceptors (Lipinski definition) is 4. The maximum atomic E-state index is 12.7. The summed E-state index contributed by atoms with van der Waals surface area (Å²) < 4.78 is 10.9. The van der Waals surface area contributed by atoms with Gasteiger partial charge in [-0.3, -0.25) is 4.79 Å². The Hall–Kier alpha value is -3.86. The van der Waals surface area contributed by atoms with Gasteiger partial charge in [0, 0.05) is 6.08 Å². The van der Waals surface area contributed by atoms with E-state index in [2.05, 4.69) is 0 Å². The van der Waals surface area contributed by atoms with Gasteiger partial charge in [0.2, 0.25) is 0 Å². The molecule has 1 aliphatic rings. The number of nitrogens with zero attached hydrogens (tertiary/aromatic N) is 1. The summed E-state index contributed by atoms with van der Waals surface area (Å²) in [6.07, 6.45) is 2.43. The van der Waals surface area contributed by atoms with Crippen molar-refractivity contribution in [3.05, 3.63) is 108 Å². The minimum Gasteiger partial charge on any atom is -0.489 e. The lowest BCUT2D eigenvalue weighted by atomic mass is 10.1. The molecule has 1 aliphatic heterocycles. The zero-order valence-corrected chi connectivity index (χ0v) is 16.3. The maximum absolute atomic E-state index is 12.7. The quantitative estimate of drug-likeness (QED) is 0.548. The molecule has 3 aromatic carbocycles. The zero-order chi connectivity index (χ0) is 20.8. The Kier molecular flexibility index (Phi) is 5.90. The lowest BCUT2D eigenvalue weighted by Crippen LogP contribution is -2.32. The third kappa shape index (κ3) is 4.58. The summed E-state index contributed by atoms with van der Waals surface area (Å²) in [5.41, 5.74) is 2.74. The van der Waals surface area contributed by atoms with Crippen LogP contribution in [0.15, 0.2) is 91.0 Å². The van der Waals surface area contributed by atoms with E-state index in [1.54, 1.807) is 6.08 Å². The van der Waals surface area contributed by atoms with E-state index < -0.39 is 18.0 Å². The van der Waals surface area contributed by atoms with Crippen LogP contribution < -0.4 is 4.74 Å². The smallest absolute Gasteiger partial charge is 0.417 e. The Morgan fingerprint density at radius 2 is 1.73 bits per heavy atom. The Morgan fingerprint density at radius 3 is 2.50 bits per heavy atom. The van der Waals surface area contributed by atoms with E-state index in [1.807, 2.05) is 84.9 Å². The average Bonchev–Trinajstić information content (AvgIpc) is 3.19. The summed E-state index contributed by atoms with van der Waals surface area (Å²) >= 11 is 0. The molecular formula is C25H21NO4. The number of carbonyl (C=O) groups is 2. The molecule has 0 aliphatic carbocycles. The molecule has 0 N–H and O–H groups in total. The van der Waals surface area contributed by atoms with E-state index >= 15 is 0 Å². The van der Waals surface area contributed by atoms with Crippen LogP contribution in [0.2, 0.25) is 0 Å². The molecule has 1 atom stereocenters. The van der Waals surface area contributed by atoms with E-state index in [4.69, 9.17) is 9.47 Å². The molecule has 3 aromatic rings. The van der Waals surface area contributed by atoms with Crippen LogP contribution in [-0.4, -0.2) is 23.5 Å². The van der Waals surface area contributed by atoms with E-state index in [-0.39, 0.29) is 6.61 Å². The van der Waals surface area contributed by atoms with Crippen molar-refractivity contribution in [2.75, 3.05) is 6.61 Å². The predicted molar refractivity (Wildman–Crippen MR) is 114 cm³/mol. The highest BCUT2D eigenvalue weighted by atomic mass is 16.6. The van der Waals surface area contributed by atoms with Crippen LogP contribution in [0.4, 0.5) is 4.79 Å². The Balaban J connectivity index is 1.44. The summed E-state index contributed by atoms with van der Waals surface area (Å²) in [5.74, 6) is 0.290. The summed E-state index contributed by atoms with van der Waals surface area (Å²) in [4.78, 5) is 26.0. The second-order valence-electron chi connectivity index (χ2n) is 6.89. The number of carbonyl (C=O) groups excluding carboxylic acids is 2. The van der Waals surface area contributed by atoms with Crippen LogP contribution in [0.3, 0.4) is 0 Å². The first-order valence-electron chi connectivity index (χ1n) is 9.70. The fourth-order valence-corrected chi connectivity index (χ4v) is 3.28. The number of benzene rings is 3. The van der Waals surface area contributed by atoms with Crippen molar-refractivity contribution in [3.63, 3.8) is 0 Å². The third-order valence-corrected chi connectivity index (χ3v) is 4.82. The topological polar surface area (TPSA) is 55.8 Å². The van der Waals surface area contributed by atoms with Crippen LogP contribution in [-0.2, 0) is 16.1 Å². The van der Waals surface area contributed by atoms with Gasteiger partial charge in [-0.25, -0.2) is 9.69 Å². The molecule has 1 heterocycles. The normalized spacial score (nSPS) is 15.9. The fourth-order valence-electron chi connectivity index (χ4n) is 3.28. The average molecular weight is 399 g/mol. The van der Waals surface area contributed by atoms with E-state index in [1.165, 1.54) is 6.08 Å². The van der Waals surface area contributed by atoms with Gasteiger partial charge >= 0.3 is 6.09 Å². The third-order valence-electron chi connectivity index (χ3n) is 4.82. The van der Waals surface area contributed by atoms with Crippen LogP contribution in [0.5, 0.6) is 5.75 Å². The SMILES string of the molecule is O=C(C=Cc1cccc(OCc2ccccc2)c1)N1C(=O)OCC1c1ccccc1. The molecule has 150 valence electrons. The molecule has 4 rings (SSSR count). The first-order valence-corrected chi connectivity index (χ1v) is 9.70. The minimum atomic E-state index is -0.626. The molecule has 0 saturated carbocycles. The molecule has 0 aromatic heterocycles. The maximum Gasteiger partial charge on any atom is 0.417 e. The van der Waals surface area contributed by atoms with Gasteiger partial charge in [0.15, 0.2) is 0 Å².